The second kappa shape index (κ2) is 10.1. The van der Waals surface area contributed by atoms with E-state index in [1.807, 2.05) is 0 Å². The second-order valence-electron chi connectivity index (χ2n) is 7.71. The summed E-state index contributed by atoms with van der Waals surface area (Å²) in [7, 11) is -2.52. The average molecular weight is 520 g/mol. The Hall–Kier alpha value is -3.34. The molecule has 0 saturated heterocycles. The molecule has 0 amide bonds. The summed E-state index contributed by atoms with van der Waals surface area (Å²) in [5, 5.41) is 0.909. The van der Waals surface area contributed by atoms with E-state index in [0.717, 1.165) is 17.7 Å². The van der Waals surface area contributed by atoms with Gasteiger partial charge in [0.15, 0.2) is 5.82 Å². The van der Waals surface area contributed by atoms with Gasteiger partial charge < -0.3 is 9.72 Å². The molecule has 0 spiro atoms. The van der Waals surface area contributed by atoms with Crippen molar-refractivity contribution in [3.05, 3.63) is 82.6 Å². The number of hydrogen-bond acceptors (Lipinski definition) is 5. The Morgan fingerprint density at radius 1 is 1.14 bits per heavy atom. The van der Waals surface area contributed by atoms with Crippen molar-refractivity contribution in [3.8, 4) is 11.1 Å². The summed E-state index contributed by atoms with van der Waals surface area (Å²) in [6.07, 6.45) is 3.08. The Bertz CT molecular complexity index is 1510. The van der Waals surface area contributed by atoms with E-state index in [-0.39, 0.29) is 24.3 Å². The molecule has 0 aliphatic carbocycles. The maximum Gasteiger partial charge on any atom is 0.232 e. The van der Waals surface area contributed by atoms with Crippen molar-refractivity contribution in [2.24, 2.45) is 0 Å². The first-order chi connectivity index (χ1) is 16.7. The van der Waals surface area contributed by atoms with Crippen LogP contribution in [0.1, 0.15) is 22.3 Å². The van der Waals surface area contributed by atoms with Crippen molar-refractivity contribution >= 4 is 44.1 Å². The van der Waals surface area contributed by atoms with E-state index in [9.17, 15) is 17.6 Å². The summed E-state index contributed by atoms with van der Waals surface area (Å²) in [6, 6.07) is 10.4. The number of nitrogens with zero attached hydrogens (tertiary/aromatic N) is 1. The fraction of sp³-hybridized carbons (Fsp3) is 0.167. The number of nitrogens with one attached hydrogen (secondary N) is 2. The standard InChI is InChI=1S/C24H20ClF2N3O4S/c1-34-9-2-10-35(32,33)30-20-8-7-19(26)21(22(20)27)23(31)18-13-29-24-17(18)11-15(12-28-24)14-3-5-16(25)6-4-14/h3-8,11-13,30H,2,9-10H2,1H3,(H,28,29). The van der Waals surface area contributed by atoms with Gasteiger partial charge in [-0.15, -0.1) is 0 Å². The molecule has 0 unspecified atom stereocenters. The lowest BCUT2D eigenvalue weighted by Crippen LogP contribution is -2.20. The molecule has 182 valence electrons. The largest absolute Gasteiger partial charge is 0.385 e. The normalized spacial score (nSPS) is 11.7. The van der Waals surface area contributed by atoms with Crippen molar-refractivity contribution in [3.63, 3.8) is 0 Å². The Morgan fingerprint density at radius 2 is 1.89 bits per heavy atom. The molecule has 2 aromatic carbocycles. The summed E-state index contributed by atoms with van der Waals surface area (Å²) < 4.78 is 61.3. The first-order valence-electron chi connectivity index (χ1n) is 10.5. The third kappa shape index (κ3) is 5.34. The van der Waals surface area contributed by atoms with E-state index < -0.39 is 38.7 Å². The number of pyridine rings is 1. The SMILES string of the molecule is COCCCS(=O)(=O)Nc1ccc(F)c(C(=O)c2c[nH]c3ncc(-c4ccc(Cl)cc4)cc23)c1F. The smallest absolute Gasteiger partial charge is 0.232 e. The van der Waals surface area contributed by atoms with Crippen LogP contribution in [-0.4, -0.2) is 43.6 Å². The molecule has 0 radical (unpaired) electrons. The zero-order chi connectivity index (χ0) is 25.2. The van der Waals surface area contributed by atoms with E-state index in [2.05, 4.69) is 14.7 Å². The molecule has 2 N–H and O–H groups in total. The summed E-state index contributed by atoms with van der Waals surface area (Å²) in [5.41, 5.74) is 0.391. The lowest BCUT2D eigenvalue weighted by Gasteiger charge is -2.12. The maximum absolute atomic E-state index is 15.2. The van der Waals surface area contributed by atoms with Gasteiger partial charge in [0.05, 0.1) is 17.0 Å². The Balaban J connectivity index is 1.71. The number of ketones is 1. The molecular formula is C24H20ClF2N3O4S. The van der Waals surface area contributed by atoms with Gasteiger partial charge in [-0.1, -0.05) is 23.7 Å². The van der Waals surface area contributed by atoms with Crippen LogP contribution in [-0.2, 0) is 14.8 Å². The van der Waals surface area contributed by atoms with Gasteiger partial charge in [0.1, 0.15) is 11.5 Å². The number of H-pyrrole nitrogens is 1. The highest BCUT2D eigenvalue weighted by atomic mass is 35.5. The van der Waals surface area contributed by atoms with Crippen molar-refractivity contribution in [1.82, 2.24) is 9.97 Å². The number of sulfonamides is 1. The minimum atomic E-state index is -3.94. The molecule has 4 rings (SSSR count). The zero-order valence-corrected chi connectivity index (χ0v) is 20.0. The Kier molecular flexibility index (Phi) is 7.15. The van der Waals surface area contributed by atoms with Gasteiger partial charge in [0, 0.05) is 47.6 Å². The van der Waals surface area contributed by atoms with Gasteiger partial charge in [-0.3, -0.25) is 9.52 Å². The van der Waals surface area contributed by atoms with Gasteiger partial charge in [-0.25, -0.2) is 22.2 Å². The molecule has 11 heteroatoms. The summed E-state index contributed by atoms with van der Waals surface area (Å²) >= 11 is 5.94. The van der Waals surface area contributed by atoms with Crippen molar-refractivity contribution in [1.29, 1.82) is 0 Å². The van der Waals surface area contributed by atoms with E-state index in [1.54, 1.807) is 36.5 Å². The minimum Gasteiger partial charge on any atom is -0.385 e. The van der Waals surface area contributed by atoms with Crippen LogP contribution < -0.4 is 4.72 Å². The van der Waals surface area contributed by atoms with Crippen LogP contribution in [0.2, 0.25) is 5.02 Å². The fourth-order valence-corrected chi connectivity index (χ4v) is 4.80. The highest BCUT2D eigenvalue weighted by Crippen LogP contribution is 2.30. The van der Waals surface area contributed by atoms with Crippen LogP contribution >= 0.6 is 11.6 Å². The highest BCUT2D eigenvalue weighted by molar-refractivity contribution is 7.92. The number of hydrogen-bond donors (Lipinski definition) is 2. The van der Waals surface area contributed by atoms with Gasteiger partial charge in [0.25, 0.3) is 0 Å². The third-order valence-electron chi connectivity index (χ3n) is 5.30. The van der Waals surface area contributed by atoms with Crippen molar-refractivity contribution in [2.45, 2.75) is 6.42 Å². The molecule has 0 saturated carbocycles. The fourth-order valence-electron chi connectivity index (χ4n) is 3.58. The number of methoxy groups -OCH3 is 1. The summed E-state index contributed by atoms with van der Waals surface area (Å²) in [6.45, 7) is 0.198. The Morgan fingerprint density at radius 3 is 2.60 bits per heavy atom. The number of benzene rings is 2. The van der Waals surface area contributed by atoms with E-state index >= 15 is 4.39 Å². The molecule has 7 nitrogen and oxygen atoms in total. The van der Waals surface area contributed by atoms with Crippen LogP contribution in [0.3, 0.4) is 0 Å². The number of halogens is 3. The van der Waals surface area contributed by atoms with Crippen LogP contribution in [0.25, 0.3) is 22.2 Å². The number of aromatic amines is 1. The number of carbonyl (C=O) groups is 1. The monoisotopic (exact) mass is 519 g/mol. The third-order valence-corrected chi connectivity index (χ3v) is 6.91. The van der Waals surface area contributed by atoms with E-state index in [4.69, 9.17) is 16.3 Å². The van der Waals surface area contributed by atoms with Crippen LogP contribution in [0.15, 0.2) is 54.9 Å². The molecule has 0 aliphatic heterocycles. The predicted octanol–water partition coefficient (Wildman–Crippen LogP) is 5.17. The lowest BCUT2D eigenvalue weighted by atomic mass is 10.00. The molecule has 0 bridgehead atoms. The topological polar surface area (TPSA) is 101 Å². The highest BCUT2D eigenvalue weighted by Gasteiger charge is 2.26. The molecular weight excluding hydrogens is 500 g/mol. The zero-order valence-electron chi connectivity index (χ0n) is 18.4. The van der Waals surface area contributed by atoms with Gasteiger partial charge >= 0.3 is 0 Å². The number of aromatic nitrogens is 2. The number of carbonyl (C=O) groups excluding carboxylic acids is 1. The van der Waals surface area contributed by atoms with Gasteiger partial charge in [-0.05, 0) is 42.3 Å². The summed E-state index contributed by atoms with van der Waals surface area (Å²) in [4.78, 5) is 20.4. The number of rotatable bonds is 9. The first kappa shape index (κ1) is 24.8. The molecule has 2 aromatic heterocycles. The van der Waals surface area contributed by atoms with E-state index in [0.29, 0.717) is 21.6 Å². The van der Waals surface area contributed by atoms with Crippen LogP contribution in [0, 0.1) is 11.6 Å². The molecule has 0 fully saturated rings. The number of ether oxygens (including phenoxy) is 1. The Labute approximate surface area is 205 Å². The maximum atomic E-state index is 15.2. The number of fused-ring (bicyclic) bond motifs is 1. The van der Waals surface area contributed by atoms with Crippen LogP contribution in [0.5, 0.6) is 0 Å². The van der Waals surface area contributed by atoms with E-state index in [1.165, 1.54) is 13.3 Å². The molecule has 0 atom stereocenters. The van der Waals surface area contributed by atoms with Crippen LogP contribution in [0.4, 0.5) is 14.5 Å². The lowest BCUT2D eigenvalue weighted by molar-refractivity contribution is 0.103. The van der Waals surface area contributed by atoms with Crippen molar-refractivity contribution in [2.75, 3.05) is 24.2 Å². The molecule has 2 heterocycles. The molecule has 35 heavy (non-hydrogen) atoms. The quantitative estimate of drug-likeness (QED) is 0.235. The second-order valence-corrected chi connectivity index (χ2v) is 9.99. The molecule has 4 aromatic rings. The van der Waals surface area contributed by atoms with Gasteiger partial charge in [0.2, 0.25) is 15.8 Å². The van der Waals surface area contributed by atoms with Crippen molar-refractivity contribution < 1.29 is 26.7 Å². The number of anilines is 1. The molecule has 0 aliphatic rings. The predicted molar refractivity (Wildman–Crippen MR) is 130 cm³/mol. The first-order valence-corrected chi connectivity index (χ1v) is 12.5. The average Bonchev–Trinajstić information content (AvgIpc) is 3.25. The summed E-state index contributed by atoms with van der Waals surface area (Å²) in [5.74, 6) is -3.71. The minimum absolute atomic E-state index is 0.0128. The van der Waals surface area contributed by atoms with Gasteiger partial charge in [-0.2, -0.15) is 0 Å².